The third-order valence-corrected chi connectivity index (χ3v) is 6.39. The fraction of sp³-hybridized carbons (Fsp3) is 0.231. The molecule has 0 atom stereocenters. The second-order valence-corrected chi connectivity index (χ2v) is 9.01. The van der Waals surface area contributed by atoms with Crippen molar-refractivity contribution in [1.29, 1.82) is 0 Å². The first-order chi connectivity index (χ1) is 15.6. The van der Waals surface area contributed by atoms with E-state index in [0.29, 0.717) is 28.9 Å². The molecule has 0 radical (unpaired) electrons. The number of aromatic nitrogens is 1. The summed E-state index contributed by atoms with van der Waals surface area (Å²) in [5, 5.41) is 1.30. The normalized spacial score (nSPS) is 10.9. The highest BCUT2D eigenvalue weighted by Gasteiger charge is 2.22. The highest BCUT2D eigenvalue weighted by atomic mass is 35.5. The third kappa shape index (κ3) is 5.47. The molecule has 0 saturated carbocycles. The van der Waals surface area contributed by atoms with Gasteiger partial charge >= 0.3 is 0 Å². The van der Waals surface area contributed by atoms with Crippen molar-refractivity contribution in [3.63, 3.8) is 0 Å². The molecule has 32 heavy (non-hydrogen) atoms. The number of benzene rings is 3. The summed E-state index contributed by atoms with van der Waals surface area (Å²) in [7, 11) is 0. The molecule has 1 amide bonds. The summed E-state index contributed by atoms with van der Waals surface area (Å²) in [5.74, 6) is 0.679. The molecule has 0 fully saturated rings. The Morgan fingerprint density at radius 2 is 1.81 bits per heavy atom. The van der Waals surface area contributed by atoms with E-state index in [0.717, 1.165) is 40.8 Å². The number of anilines is 1. The Morgan fingerprint density at radius 3 is 2.56 bits per heavy atom. The second-order valence-electron chi connectivity index (χ2n) is 7.57. The molecule has 6 heteroatoms. The highest BCUT2D eigenvalue weighted by molar-refractivity contribution is 7.22. The van der Waals surface area contributed by atoms with Gasteiger partial charge in [-0.15, -0.1) is 0 Å². The molecule has 4 rings (SSSR count). The monoisotopic (exact) mass is 464 g/mol. The van der Waals surface area contributed by atoms with Gasteiger partial charge in [-0.05, 0) is 54.4 Å². The number of hydrogen-bond donors (Lipinski definition) is 0. The van der Waals surface area contributed by atoms with Crippen LogP contribution in [0.4, 0.5) is 5.13 Å². The number of fused-ring (bicyclic) bond motifs is 1. The van der Waals surface area contributed by atoms with E-state index in [4.69, 9.17) is 21.3 Å². The first-order valence-corrected chi connectivity index (χ1v) is 12.0. The Bertz CT molecular complexity index is 1180. The van der Waals surface area contributed by atoms with E-state index in [-0.39, 0.29) is 5.91 Å². The van der Waals surface area contributed by atoms with Gasteiger partial charge in [-0.25, -0.2) is 4.98 Å². The standard InChI is InChI=1S/C26H25ClN2O2S/c1-2-3-7-16-31-22-13-10-20(11-14-22)25(30)29(18-19-8-5-4-6-9-19)26-28-23-15-12-21(27)17-24(23)32-26/h4-6,8-15,17H,2-3,7,16,18H2,1H3. The zero-order valence-corrected chi connectivity index (χ0v) is 19.5. The number of amides is 1. The summed E-state index contributed by atoms with van der Waals surface area (Å²) >= 11 is 7.62. The van der Waals surface area contributed by atoms with Gasteiger partial charge < -0.3 is 4.74 Å². The van der Waals surface area contributed by atoms with Crippen molar-refractivity contribution in [3.05, 3.63) is 88.9 Å². The molecular formula is C26H25ClN2O2S. The Morgan fingerprint density at radius 1 is 1.03 bits per heavy atom. The van der Waals surface area contributed by atoms with Crippen molar-refractivity contribution >= 4 is 44.2 Å². The van der Waals surface area contributed by atoms with E-state index in [1.165, 1.54) is 11.3 Å². The molecule has 0 aliphatic rings. The van der Waals surface area contributed by atoms with Crippen LogP contribution in [0, 0.1) is 0 Å². The predicted octanol–water partition coefficient (Wildman–Crippen LogP) is 7.37. The largest absolute Gasteiger partial charge is 0.494 e. The van der Waals surface area contributed by atoms with E-state index in [2.05, 4.69) is 6.92 Å². The zero-order valence-electron chi connectivity index (χ0n) is 18.0. The summed E-state index contributed by atoms with van der Waals surface area (Å²) in [6.07, 6.45) is 3.34. The number of carbonyl (C=O) groups excluding carboxylic acids is 1. The second kappa shape index (κ2) is 10.6. The fourth-order valence-electron chi connectivity index (χ4n) is 3.39. The minimum absolute atomic E-state index is 0.100. The maximum Gasteiger partial charge on any atom is 0.260 e. The molecule has 1 heterocycles. The number of unbranched alkanes of at least 4 members (excludes halogenated alkanes) is 2. The van der Waals surface area contributed by atoms with Gasteiger partial charge in [0.25, 0.3) is 5.91 Å². The number of hydrogen-bond acceptors (Lipinski definition) is 4. The molecule has 0 spiro atoms. The lowest BCUT2D eigenvalue weighted by atomic mass is 10.1. The lowest BCUT2D eigenvalue weighted by Gasteiger charge is -2.20. The predicted molar refractivity (Wildman–Crippen MR) is 133 cm³/mol. The molecule has 4 aromatic rings. The maximum atomic E-state index is 13.5. The van der Waals surface area contributed by atoms with E-state index >= 15 is 0 Å². The highest BCUT2D eigenvalue weighted by Crippen LogP contribution is 2.32. The summed E-state index contributed by atoms with van der Waals surface area (Å²) in [5.41, 5.74) is 2.46. The minimum atomic E-state index is -0.100. The topological polar surface area (TPSA) is 42.4 Å². The molecule has 1 aromatic heterocycles. The number of carbonyl (C=O) groups is 1. The van der Waals surface area contributed by atoms with E-state index in [9.17, 15) is 4.79 Å². The lowest BCUT2D eigenvalue weighted by molar-refractivity contribution is 0.0985. The van der Waals surface area contributed by atoms with E-state index in [1.807, 2.05) is 72.8 Å². The summed E-state index contributed by atoms with van der Waals surface area (Å²) < 4.78 is 6.74. The van der Waals surface area contributed by atoms with Gasteiger partial charge in [-0.3, -0.25) is 9.69 Å². The van der Waals surface area contributed by atoms with Gasteiger partial charge in [0, 0.05) is 10.6 Å². The van der Waals surface area contributed by atoms with Crippen LogP contribution in [-0.4, -0.2) is 17.5 Å². The fourth-order valence-corrected chi connectivity index (χ4v) is 4.62. The number of nitrogens with zero attached hydrogens (tertiary/aromatic N) is 2. The third-order valence-electron chi connectivity index (χ3n) is 5.12. The van der Waals surface area contributed by atoms with Crippen molar-refractivity contribution in [3.8, 4) is 5.75 Å². The average molecular weight is 465 g/mol. The van der Waals surface area contributed by atoms with Crippen LogP contribution in [0.15, 0.2) is 72.8 Å². The Hall–Kier alpha value is -2.89. The summed E-state index contributed by atoms with van der Waals surface area (Å²) in [6.45, 7) is 3.29. The van der Waals surface area contributed by atoms with Crippen LogP contribution in [0.1, 0.15) is 42.1 Å². The van der Waals surface area contributed by atoms with Gasteiger partial charge in [0.05, 0.1) is 23.4 Å². The number of rotatable bonds is 9. The van der Waals surface area contributed by atoms with Gasteiger partial charge in [0.2, 0.25) is 0 Å². The summed E-state index contributed by atoms with van der Waals surface area (Å²) in [4.78, 5) is 20.0. The quantitative estimate of drug-likeness (QED) is 0.243. The molecular weight excluding hydrogens is 440 g/mol. The number of halogens is 1. The van der Waals surface area contributed by atoms with Crippen molar-refractivity contribution in [2.24, 2.45) is 0 Å². The maximum absolute atomic E-state index is 13.5. The van der Waals surface area contributed by atoms with Crippen LogP contribution >= 0.6 is 22.9 Å². The van der Waals surface area contributed by atoms with E-state index < -0.39 is 0 Å². The molecule has 0 N–H and O–H groups in total. The molecule has 0 aliphatic carbocycles. The molecule has 0 aliphatic heterocycles. The average Bonchev–Trinajstić information content (AvgIpc) is 3.24. The Kier molecular flexibility index (Phi) is 7.40. The Labute approximate surface area is 197 Å². The number of thiazole rings is 1. The zero-order chi connectivity index (χ0) is 22.3. The molecule has 0 bridgehead atoms. The van der Waals surface area contributed by atoms with Gasteiger partial charge in [0.15, 0.2) is 5.13 Å². The van der Waals surface area contributed by atoms with E-state index in [1.54, 1.807) is 4.90 Å². The van der Waals surface area contributed by atoms with Crippen LogP contribution in [0.5, 0.6) is 5.75 Å². The van der Waals surface area contributed by atoms with Crippen molar-refractivity contribution in [1.82, 2.24) is 4.98 Å². The van der Waals surface area contributed by atoms with Crippen LogP contribution in [0.3, 0.4) is 0 Å². The van der Waals surface area contributed by atoms with Crippen LogP contribution < -0.4 is 9.64 Å². The smallest absolute Gasteiger partial charge is 0.260 e. The molecule has 4 nitrogen and oxygen atoms in total. The van der Waals surface area contributed by atoms with Crippen molar-refractivity contribution in [2.75, 3.05) is 11.5 Å². The molecule has 0 unspecified atom stereocenters. The van der Waals surface area contributed by atoms with Gasteiger partial charge in [0.1, 0.15) is 5.75 Å². The summed E-state index contributed by atoms with van der Waals surface area (Å²) in [6, 6.07) is 22.9. The minimum Gasteiger partial charge on any atom is -0.494 e. The van der Waals surface area contributed by atoms with Crippen LogP contribution in [0.2, 0.25) is 5.02 Å². The van der Waals surface area contributed by atoms with Crippen LogP contribution in [-0.2, 0) is 6.54 Å². The Balaban J connectivity index is 1.59. The van der Waals surface area contributed by atoms with Gasteiger partial charge in [-0.2, -0.15) is 0 Å². The lowest BCUT2D eigenvalue weighted by Crippen LogP contribution is -2.30. The molecule has 3 aromatic carbocycles. The first-order valence-electron chi connectivity index (χ1n) is 10.8. The van der Waals surface area contributed by atoms with Crippen molar-refractivity contribution in [2.45, 2.75) is 32.7 Å². The molecule has 164 valence electrons. The van der Waals surface area contributed by atoms with Crippen molar-refractivity contribution < 1.29 is 9.53 Å². The van der Waals surface area contributed by atoms with Crippen LogP contribution in [0.25, 0.3) is 10.2 Å². The SMILES string of the molecule is CCCCCOc1ccc(C(=O)N(Cc2ccccc2)c2nc3ccc(Cl)cc3s2)cc1. The van der Waals surface area contributed by atoms with Gasteiger partial charge in [-0.1, -0.05) is 73.0 Å². The molecule has 0 saturated heterocycles. The first kappa shape index (κ1) is 22.3. The number of ether oxygens (including phenoxy) is 1.